The Labute approximate surface area is 133 Å². The molecule has 0 radical (unpaired) electrons. The number of amides is 2. The van der Waals surface area contributed by atoms with Crippen molar-refractivity contribution in [2.45, 2.75) is 58.0 Å². The van der Waals surface area contributed by atoms with Gasteiger partial charge in [0.25, 0.3) is 0 Å². The molecule has 122 valence electrons. The molecule has 4 heteroatoms. The summed E-state index contributed by atoms with van der Waals surface area (Å²) in [6.07, 6.45) is 4.93. The molecule has 2 rings (SSSR count). The molecule has 1 fully saturated rings. The number of urea groups is 1. The van der Waals surface area contributed by atoms with E-state index in [4.69, 9.17) is 5.11 Å². The highest BCUT2D eigenvalue weighted by Crippen LogP contribution is 2.23. The molecule has 1 atom stereocenters. The maximum absolute atomic E-state index is 12.1. The zero-order chi connectivity index (χ0) is 15.9. The van der Waals surface area contributed by atoms with E-state index in [9.17, 15) is 4.79 Å². The summed E-state index contributed by atoms with van der Waals surface area (Å²) in [4.78, 5) is 12.1. The van der Waals surface area contributed by atoms with E-state index in [-0.39, 0.29) is 24.7 Å². The largest absolute Gasteiger partial charge is 0.396 e. The van der Waals surface area contributed by atoms with Crippen molar-refractivity contribution >= 4 is 6.03 Å². The molecule has 2 amide bonds. The molecule has 1 aromatic carbocycles. The van der Waals surface area contributed by atoms with Crippen molar-refractivity contribution in [3.63, 3.8) is 0 Å². The van der Waals surface area contributed by atoms with Crippen LogP contribution in [0.4, 0.5) is 4.79 Å². The van der Waals surface area contributed by atoms with Gasteiger partial charge in [0.2, 0.25) is 0 Å². The third-order valence-corrected chi connectivity index (χ3v) is 4.68. The third-order valence-electron chi connectivity index (χ3n) is 4.68. The second kappa shape index (κ2) is 8.18. The Kier molecular flexibility index (Phi) is 6.25. The van der Waals surface area contributed by atoms with Crippen molar-refractivity contribution in [1.82, 2.24) is 10.6 Å². The average Bonchev–Trinajstić information content (AvgIpc) is 2.55. The van der Waals surface area contributed by atoms with Crippen molar-refractivity contribution in [2.24, 2.45) is 5.92 Å². The number of rotatable bonds is 5. The van der Waals surface area contributed by atoms with Crippen LogP contribution in [0.3, 0.4) is 0 Å². The maximum Gasteiger partial charge on any atom is 0.315 e. The van der Waals surface area contributed by atoms with Gasteiger partial charge in [-0.15, -0.1) is 0 Å². The van der Waals surface area contributed by atoms with Crippen LogP contribution < -0.4 is 10.6 Å². The quantitative estimate of drug-likeness (QED) is 0.782. The van der Waals surface area contributed by atoms with Crippen LogP contribution in [0.15, 0.2) is 24.3 Å². The lowest BCUT2D eigenvalue weighted by Crippen LogP contribution is -2.44. The molecule has 4 nitrogen and oxygen atoms in total. The number of aliphatic hydroxyl groups excluding tert-OH is 1. The number of benzene rings is 1. The van der Waals surface area contributed by atoms with E-state index in [0.29, 0.717) is 5.92 Å². The number of aryl methyl sites for hydroxylation is 1. The van der Waals surface area contributed by atoms with Crippen LogP contribution >= 0.6 is 0 Å². The lowest BCUT2D eigenvalue weighted by Gasteiger charge is -2.28. The normalized spacial score (nSPS) is 22.9. The van der Waals surface area contributed by atoms with E-state index in [1.54, 1.807) is 0 Å². The van der Waals surface area contributed by atoms with Gasteiger partial charge in [0.15, 0.2) is 0 Å². The number of nitrogens with one attached hydrogen (secondary N) is 2. The molecule has 3 N–H and O–H groups in total. The molecule has 1 aromatic rings. The first-order valence-corrected chi connectivity index (χ1v) is 8.39. The van der Waals surface area contributed by atoms with Gasteiger partial charge in [0, 0.05) is 12.6 Å². The van der Waals surface area contributed by atoms with Crippen molar-refractivity contribution in [2.75, 3.05) is 6.61 Å². The minimum Gasteiger partial charge on any atom is -0.396 e. The van der Waals surface area contributed by atoms with Crippen LogP contribution in [-0.2, 0) is 6.42 Å². The van der Waals surface area contributed by atoms with E-state index in [0.717, 1.165) is 37.7 Å². The summed E-state index contributed by atoms with van der Waals surface area (Å²) < 4.78 is 0. The molecule has 0 saturated heterocycles. The minimum atomic E-state index is -0.0977. The highest BCUT2D eigenvalue weighted by molar-refractivity contribution is 5.74. The summed E-state index contributed by atoms with van der Waals surface area (Å²) in [7, 11) is 0. The van der Waals surface area contributed by atoms with Crippen molar-refractivity contribution in [3.8, 4) is 0 Å². The van der Waals surface area contributed by atoms with E-state index in [1.165, 1.54) is 5.56 Å². The monoisotopic (exact) mass is 304 g/mol. The number of hydrogen-bond acceptors (Lipinski definition) is 2. The molecule has 22 heavy (non-hydrogen) atoms. The second-order valence-corrected chi connectivity index (χ2v) is 6.33. The Balaban J connectivity index is 1.78. The van der Waals surface area contributed by atoms with Crippen molar-refractivity contribution < 1.29 is 9.90 Å². The Morgan fingerprint density at radius 2 is 1.86 bits per heavy atom. The van der Waals surface area contributed by atoms with E-state index >= 15 is 0 Å². The summed E-state index contributed by atoms with van der Waals surface area (Å²) in [5, 5.41) is 15.2. The fourth-order valence-electron chi connectivity index (χ4n) is 3.04. The average molecular weight is 304 g/mol. The Hall–Kier alpha value is -1.55. The highest BCUT2D eigenvalue weighted by Gasteiger charge is 2.22. The summed E-state index contributed by atoms with van der Waals surface area (Å²) in [6, 6.07) is 8.52. The van der Waals surface area contributed by atoms with Gasteiger partial charge < -0.3 is 15.7 Å². The first-order valence-electron chi connectivity index (χ1n) is 8.39. The smallest absolute Gasteiger partial charge is 0.315 e. The zero-order valence-electron chi connectivity index (χ0n) is 13.6. The maximum atomic E-state index is 12.1. The standard InChI is InChI=1S/C18H28N2O2/c1-3-14-4-8-16(9-5-14)13(2)19-18(22)20-17-10-6-15(12-21)7-11-17/h4-5,8-9,13,15,17,21H,3,6-7,10-12H2,1-2H3,(H2,19,20,22). The third kappa shape index (κ3) is 4.73. The number of aliphatic hydroxyl groups is 1. The van der Waals surface area contributed by atoms with Gasteiger partial charge in [-0.25, -0.2) is 4.79 Å². The SMILES string of the molecule is CCc1ccc(C(C)NC(=O)NC2CCC(CO)CC2)cc1. The van der Waals surface area contributed by atoms with Crippen LogP contribution in [0.1, 0.15) is 56.7 Å². The molecular weight excluding hydrogens is 276 g/mol. The van der Waals surface area contributed by atoms with Gasteiger partial charge in [0.1, 0.15) is 0 Å². The predicted octanol–water partition coefficient (Wildman–Crippen LogP) is 3.16. The second-order valence-electron chi connectivity index (χ2n) is 6.33. The van der Waals surface area contributed by atoms with Crippen LogP contribution in [-0.4, -0.2) is 23.8 Å². The van der Waals surface area contributed by atoms with Crippen molar-refractivity contribution in [1.29, 1.82) is 0 Å². The summed E-state index contributed by atoms with van der Waals surface area (Å²) in [6.45, 7) is 4.41. The topological polar surface area (TPSA) is 61.4 Å². The molecule has 0 bridgehead atoms. The lowest BCUT2D eigenvalue weighted by atomic mass is 9.87. The molecule has 1 aliphatic rings. The predicted molar refractivity (Wildman–Crippen MR) is 88.7 cm³/mol. The Morgan fingerprint density at radius 3 is 2.41 bits per heavy atom. The fourth-order valence-corrected chi connectivity index (χ4v) is 3.04. The molecule has 0 spiro atoms. The zero-order valence-corrected chi connectivity index (χ0v) is 13.6. The van der Waals surface area contributed by atoms with Crippen LogP contribution in [0.5, 0.6) is 0 Å². The molecule has 1 saturated carbocycles. The fraction of sp³-hybridized carbons (Fsp3) is 0.611. The van der Waals surface area contributed by atoms with E-state index in [2.05, 4.69) is 41.8 Å². The Bertz CT molecular complexity index is 464. The Morgan fingerprint density at radius 1 is 1.23 bits per heavy atom. The number of carbonyl (C=O) groups excluding carboxylic acids is 1. The molecule has 0 heterocycles. The first kappa shape index (κ1) is 16.8. The molecular formula is C18H28N2O2. The van der Waals surface area contributed by atoms with Gasteiger partial charge in [-0.1, -0.05) is 31.2 Å². The van der Waals surface area contributed by atoms with Crippen molar-refractivity contribution in [3.05, 3.63) is 35.4 Å². The van der Waals surface area contributed by atoms with E-state index < -0.39 is 0 Å². The summed E-state index contributed by atoms with van der Waals surface area (Å²) in [5.41, 5.74) is 2.43. The van der Waals surface area contributed by atoms with Gasteiger partial charge in [-0.3, -0.25) is 0 Å². The summed E-state index contributed by atoms with van der Waals surface area (Å²) >= 11 is 0. The van der Waals surface area contributed by atoms with Gasteiger partial charge in [0.05, 0.1) is 6.04 Å². The van der Waals surface area contributed by atoms with Gasteiger partial charge >= 0.3 is 6.03 Å². The van der Waals surface area contributed by atoms with E-state index in [1.807, 2.05) is 6.92 Å². The minimum absolute atomic E-state index is 0.000290. The number of hydrogen-bond donors (Lipinski definition) is 3. The highest BCUT2D eigenvalue weighted by atomic mass is 16.3. The molecule has 0 aromatic heterocycles. The molecule has 0 aliphatic heterocycles. The van der Waals surface area contributed by atoms with Crippen LogP contribution in [0.2, 0.25) is 0 Å². The van der Waals surface area contributed by atoms with Gasteiger partial charge in [-0.2, -0.15) is 0 Å². The van der Waals surface area contributed by atoms with Crippen LogP contribution in [0.25, 0.3) is 0 Å². The van der Waals surface area contributed by atoms with Gasteiger partial charge in [-0.05, 0) is 56.1 Å². The molecule has 1 unspecified atom stereocenters. The van der Waals surface area contributed by atoms with Crippen LogP contribution in [0, 0.1) is 5.92 Å². The molecule has 1 aliphatic carbocycles. The number of carbonyl (C=O) groups is 1. The lowest BCUT2D eigenvalue weighted by molar-refractivity contribution is 0.174. The summed E-state index contributed by atoms with van der Waals surface area (Å²) in [5.74, 6) is 0.414. The first-order chi connectivity index (χ1) is 10.6.